The van der Waals surface area contributed by atoms with Crippen LogP contribution in [0.3, 0.4) is 0 Å². The Morgan fingerprint density at radius 1 is 1.10 bits per heavy atom. The van der Waals surface area contributed by atoms with E-state index in [1.54, 1.807) is 6.20 Å². The van der Waals surface area contributed by atoms with Gasteiger partial charge < -0.3 is 14.8 Å². The maximum Gasteiger partial charge on any atom is 0.183 e. The minimum atomic E-state index is -0.663. The van der Waals surface area contributed by atoms with E-state index in [0.29, 0.717) is 17.0 Å². The highest BCUT2D eigenvalue weighted by atomic mass is 19.1. The number of aromatic nitrogens is 5. The SMILES string of the molecule is C=N/C=C(/F)C(=NCNc1ccc(CN2CCN(C)CC2)cn1)c1ncc2nc(C(C)C)n(C(CC)CC)c2n1. The van der Waals surface area contributed by atoms with Crippen molar-refractivity contribution in [2.75, 3.05) is 45.2 Å². The number of nitrogens with one attached hydrogen (secondary N) is 1. The fourth-order valence-electron chi connectivity index (χ4n) is 4.92. The summed E-state index contributed by atoms with van der Waals surface area (Å²) >= 11 is 0. The maximum absolute atomic E-state index is 15.1. The minimum Gasteiger partial charge on any atom is -0.351 e. The van der Waals surface area contributed by atoms with Crippen molar-refractivity contribution in [2.45, 2.75) is 59.0 Å². The second-order valence-electron chi connectivity index (χ2n) is 10.5. The first-order chi connectivity index (χ1) is 19.3. The number of hydrogen-bond acceptors (Lipinski definition) is 9. The summed E-state index contributed by atoms with van der Waals surface area (Å²) in [5.41, 5.74) is 2.52. The Balaban J connectivity index is 1.55. The van der Waals surface area contributed by atoms with Crippen LogP contribution >= 0.6 is 0 Å². The lowest BCUT2D eigenvalue weighted by molar-refractivity contribution is 0.148. The van der Waals surface area contributed by atoms with E-state index in [1.165, 1.54) is 0 Å². The van der Waals surface area contributed by atoms with Crippen molar-refractivity contribution in [3.8, 4) is 0 Å². The van der Waals surface area contributed by atoms with Crippen LogP contribution < -0.4 is 5.32 Å². The van der Waals surface area contributed by atoms with Gasteiger partial charge in [0.1, 0.15) is 29.5 Å². The summed E-state index contributed by atoms with van der Waals surface area (Å²) in [6, 6.07) is 4.21. The Morgan fingerprint density at radius 3 is 2.48 bits per heavy atom. The number of hydrogen-bond donors (Lipinski definition) is 1. The molecule has 10 nitrogen and oxygen atoms in total. The third kappa shape index (κ3) is 6.95. The summed E-state index contributed by atoms with van der Waals surface area (Å²) in [6.07, 6.45) is 6.40. The molecule has 1 aliphatic rings. The molecule has 0 radical (unpaired) electrons. The van der Waals surface area contributed by atoms with Gasteiger partial charge in [0.15, 0.2) is 17.3 Å². The molecule has 0 aliphatic carbocycles. The van der Waals surface area contributed by atoms with Gasteiger partial charge in [-0.05, 0) is 38.2 Å². The molecule has 0 atom stereocenters. The molecule has 11 heteroatoms. The summed E-state index contributed by atoms with van der Waals surface area (Å²) in [5, 5.41) is 3.15. The normalized spacial score (nSPS) is 15.9. The molecular formula is C29H41FN10. The fourth-order valence-corrected chi connectivity index (χ4v) is 4.92. The molecule has 214 valence electrons. The fraction of sp³-hybridized carbons (Fsp3) is 0.517. The van der Waals surface area contributed by atoms with Crippen LogP contribution in [0.2, 0.25) is 0 Å². The van der Waals surface area contributed by atoms with E-state index in [0.717, 1.165) is 63.2 Å². The van der Waals surface area contributed by atoms with E-state index < -0.39 is 5.83 Å². The topological polar surface area (TPSA) is 99.7 Å². The van der Waals surface area contributed by atoms with Crippen LogP contribution in [0.5, 0.6) is 0 Å². The van der Waals surface area contributed by atoms with Crippen LogP contribution in [0.1, 0.15) is 69.7 Å². The lowest BCUT2D eigenvalue weighted by Gasteiger charge is -2.32. The van der Waals surface area contributed by atoms with Crippen molar-refractivity contribution in [1.29, 1.82) is 0 Å². The molecule has 0 spiro atoms. The Morgan fingerprint density at radius 2 is 1.85 bits per heavy atom. The predicted molar refractivity (Wildman–Crippen MR) is 160 cm³/mol. The lowest BCUT2D eigenvalue weighted by Crippen LogP contribution is -2.43. The molecule has 0 amide bonds. The van der Waals surface area contributed by atoms with E-state index in [4.69, 9.17) is 9.97 Å². The van der Waals surface area contributed by atoms with Crippen LogP contribution in [0.4, 0.5) is 10.2 Å². The quantitative estimate of drug-likeness (QED) is 0.324. The third-order valence-corrected chi connectivity index (χ3v) is 7.25. The molecule has 1 fully saturated rings. The molecule has 4 rings (SSSR count). The zero-order valence-electron chi connectivity index (χ0n) is 24.3. The number of aliphatic imine (C=N–C) groups is 2. The molecule has 40 heavy (non-hydrogen) atoms. The maximum atomic E-state index is 15.1. The average molecular weight is 549 g/mol. The third-order valence-electron chi connectivity index (χ3n) is 7.25. The number of fused-ring (bicyclic) bond motifs is 1. The molecule has 0 aromatic carbocycles. The van der Waals surface area contributed by atoms with Crippen molar-refractivity contribution < 1.29 is 4.39 Å². The monoisotopic (exact) mass is 548 g/mol. The molecule has 0 bridgehead atoms. The first-order valence-electron chi connectivity index (χ1n) is 14.1. The molecule has 4 heterocycles. The number of imidazole rings is 1. The van der Waals surface area contributed by atoms with E-state index in [2.05, 4.69) is 87.2 Å². The van der Waals surface area contributed by atoms with Crippen LogP contribution in [-0.2, 0) is 6.54 Å². The first-order valence-corrected chi connectivity index (χ1v) is 14.1. The summed E-state index contributed by atoms with van der Waals surface area (Å²) in [5.74, 6) is 1.31. The number of allylic oxidation sites excluding steroid dienone is 1. The highest BCUT2D eigenvalue weighted by Gasteiger charge is 2.22. The molecule has 3 aromatic heterocycles. The van der Waals surface area contributed by atoms with E-state index >= 15 is 4.39 Å². The van der Waals surface area contributed by atoms with Crippen molar-refractivity contribution in [2.24, 2.45) is 9.98 Å². The van der Waals surface area contributed by atoms with Gasteiger partial charge in [0.25, 0.3) is 0 Å². The summed E-state index contributed by atoms with van der Waals surface area (Å²) in [6.45, 7) is 17.1. The number of pyridine rings is 1. The largest absolute Gasteiger partial charge is 0.351 e. The van der Waals surface area contributed by atoms with Gasteiger partial charge in [-0.2, -0.15) is 0 Å². The molecule has 0 unspecified atom stereocenters. The van der Waals surface area contributed by atoms with Gasteiger partial charge in [-0.3, -0.25) is 14.9 Å². The van der Waals surface area contributed by atoms with Gasteiger partial charge in [0, 0.05) is 50.9 Å². The van der Waals surface area contributed by atoms with Crippen LogP contribution in [0, 0.1) is 0 Å². The highest BCUT2D eigenvalue weighted by Crippen LogP contribution is 2.28. The molecule has 0 saturated carbocycles. The van der Waals surface area contributed by atoms with Crippen LogP contribution in [0.15, 0.2) is 46.5 Å². The number of nitrogens with zero attached hydrogens (tertiary/aromatic N) is 9. The Bertz CT molecular complexity index is 1330. The van der Waals surface area contributed by atoms with Crippen LogP contribution in [0.25, 0.3) is 11.2 Å². The van der Waals surface area contributed by atoms with Crippen molar-refractivity contribution in [3.63, 3.8) is 0 Å². The molecule has 1 aliphatic heterocycles. The number of piperazine rings is 1. The van der Waals surface area contributed by atoms with Crippen molar-refractivity contribution >= 4 is 29.4 Å². The number of rotatable bonds is 12. The first kappa shape index (κ1) is 29.4. The molecule has 3 aromatic rings. The summed E-state index contributed by atoms with van der Waals surface area (Å²) in [7, 11) is 2.15. The highest BCUT2D eigenvalue weighted by molar-refractivity contribution is 6.09. The van der Waals surface area contributed by atoms with Gasteiger partial charge in [0.05, 0.1) is 12.4 Å². The standard InChI is InChI=1S/C29H41FN10/c1-7-22(8-2)40-28(20(3)4)36-24-17-33-27(37-29(24)40)26(23(30)16-31-5)35-19-34-25-10-9-21(15-32-25)18-39-13-11-38(6)12-14-39/h9-10,15-17,20,22H,5,7-8,11-14,18-19H2,1-4,6H3,(H,32,34)/b23-16+,35-26?. The van der Waals surface area contributed by atoms with Gasteiger partial charge >= 0.3 is 0 Å². The van der Waals surface area contributed by atoms with Gasteiger partial charge in [-0.1, -0.05) is 33.8 Å². The second-order valence-corrected chi connectivity index (χ2v) is 10.5. The smallest absolute Gasteiger partial charge is 0.183 e. The Kier molecular flexibility index (Phi) is 10.1. The zero-order valence-corrected chi connectivity index (χ0v) is 24.3. The van der Waals surface area contributed by atoms with Crippen LogP contribution in [-0.4, -0.2) is 86.6 Å². The van der Waals surface area contributed by atoms with E-state index in [9.17, 15) is 0 Å². The van der Waals surface area contributed by atoms with Gasteiger partial charge in [0.2, 0.25) is 0 Å². The minimum absolute atomic E-state index is 0.00289. The zero-order chi connectivity index (χ0) is 28.6. The molecular weight excluding hydrogens is 507 g/mol. The van der Waals surface area contributed by atoms with Gasteiger partial charge in [-0.15, -0.1) is 0 Å². The number of likely N-dealkylation sites (N-methyl/N-ethyl adjacent to an activating group) is 1. The van der Waals surface area contributed by atoms with E-state index in [1.807, 2.05) is 12.3 Å². The van der Waals surface area contributed by atoms with Crippen molar-refractivity contribution in [3.05, 3.63) is 53.8 Å². The molecule has 1 N–H and O–H groups in total. The predicted octanol–water partition coefficient (Wildman–Crippen LogP) is 4.82. The Hall–Kier alpha value is -3.57. The second kappa shape index (κ2) is 13.7. The summed E-state index contributed by atoms with van der Waals surface area (Å²) < 4.78 is 17.3. The van der Waals surface area contributed by atoms with Gasteiger partial charge in [-0.25, -0.2) is 24.3 Å². The molecule has 1 saturated heterocycles. The Labute approximate surface area is 236 Å². The van der Waals surface area contributed by atoms with E-state index in [-0.39, 0.29) is 30.2 Å². The van der Waals surface area contributed by atoms with Crippen molar-refractivity contribution in [1.82, 2.24) is 34.3 Å². The lowest BCUT2D eigenvalue weighted by atomic mass is 10.1. The summed E-state index contributed by atoms with van der Waals surface area (Å²) in [4.78, 5) is 31.3. The average Bonchev–Trinajstić information content (AvgIpc) is 3.33. The number of halogens is 1. The number of anilines is 1.